The molecule has 0 spiro atoms. The van der Waals surface area contributed by atoms with E-state index in [0.29, 0.717) is 37.2 Å². The van der Waals surface area contributed by atoms with E-state index in [-0.39, 0.29) is 12.7 Å². The van der Waals surface area contributed by atoms with Crippen molar-refractivity contribution in [3.8, 4) is 5.75 Å². The Hall–Kier alpha value is -2.50. The summed E-state index contributed by atoms with van der Waals surface area (Å²) in [5.74, 6) is 0.260. The van der Waals surface area contributed by atoms with Crippen LogP contribution in [0.3, 0.4) is 0 Å². The molecule has 2 rings (SSSR count). The van der Waals surface area contributed by atoms with Gasteiger partial charge in [0.05, 0.1) is 5.56 Å². The summed E-state index contributed by atoms with van der Waals surface area (Å²) < 4.78 is 10.8. The summed E-state index contributed by atoms with van der Waals surface area (Å²) in [4.78, 5) is 23.9. The topological polar surface area (TPSA) is 76.1 Å². The van der Waals surface area contributed by atoms with Crippen LogP contribution in [-0.2, 0) is 4.74 Å². The summed E-state index contributed by atoms with van der Waals surface area (Å²) in [5.41, 5.74) is 0.454. The Morgan fingerprint density at radius 2 is 1.91 bits per heavy atom. The summed E-state index contributed by atoms with van der Waals surface area (Å²) in [6, 6.07) is 6.72. The SMILES string of the molecule is C=CCOC(=O)c1ccc(OC2CCN(C(=O)O)CC2)cc1. The molecular weight excluding hydrogens is 286 g/mol. The molecule has 6 heteroatoms. The number of esters is 1. The maximum absolute atomic E-state index is 11.6. The Kier molecular flexibility index (Phi) is 5.41. The van der Waals surface area contributed by atoms with Gasteiger partial charge < -0.3 is 19.5 Å². The molecule has 1 aromatic rings. The van der Waals surface area contributed by atoms with Crippen LogP contribution in [0.15, 0.2) is 36.9 Å². The van der Waals surface area contributed by atoms with Gasteiger partial charge in [-0.15, -0.1) is 0 Å². The summed E-state index contributed by atoms with van der Waals surface area (Å²) in [6.45, 7) is 4.62. The molecule has 118 valence electrons. The first-order chi connectivity index (χ1) is 10.6. The van der Waals surface area contributed by atoms with Gasteiger partial charge in [0.25, 0.3) is 0 Å². The lowest BCUT2D eigenvalue weighted by molar-refractivity contribution is 0.0549. The zero-order chi connectivity index (χ0) is 15.9. The largest absolute Gasteiger partial charge is 0.490 e. The number of likely N-dealkylation sites (tertiary alicyclic amines) is 1. The number of benzene rings is 1. The lowest BCUT2D eigenvalue weighted by atomic mass is 10.1. The number of rotatable bonds is 5. The number of carboxylic acid groups (broad SMARTS) is 1. The third-order valence-corrected chi connectivity index (χ3v) is 3.44. The summed E-state index contributed by atoms with van der Waals surface area (Å²) in [6.07, 6.45) is 1.94. The number of piperidine rings is 1. The van der Waals surface area contributed by atoms with E-state index < -0.39 is 12.1 Å². The van der Waals surface area contributed by atoms with E-state index in [1.54, 1.807) is 24.3 Å². The predicted molar refractivity (Wildman–Crippen MR) is 80.2 cm³/mol. The molecule has 1 heterocycles. The normalized spacial score (nSPS) is 15.2. The average Bonchev–Trinajstić information content (AvgIpc) is 2.54. The van der Waals surface area contributed by atoms with Gasteiger partial charge in [0, 0.05) is 25.9 Å². The molecular formula is C16H19NO5. The van der Waals surface area contributed by atoms with Gasteiger partial charge in [-0.05, 0) is 24.3 Å². The van der Waals surface area contributed by atoms with Gasteiger partial charge in [0.1, 0.15) is 18.5 Å². The first kappa shape index (κ1) is 15.9. The number of ether oxygens (including phenoxy) is 2. The van der Waals surface area contributed by atoms with Gasteiger partial charge >= 0.3 is 12.1 Å². The van der Waals surface area contributed by atoms with E-state index in [2.05, 4.69) is 6.58 Å². The molecule has 0 radical (unpaired) electrons. The Morgan fingerprint density at radius 3 is 2.45 bits per heavy atom. The van der Waals surface area contributed by atoms with Crippen LogP contribution in [0, 0.1) is 0 Å². The van der Waals surface area contributed by atoms with Crippen LogP contribution in [-0.4, -0.2) is 47.9 Å². The second-order valence-electron chi connectivity index (χ2n) is 5.00. The van der Waals surface area contributed by atoms with Crippen molar-refractivity contribution in [2.75, 3.05) is 19.7 Å². The van der Waals surface area contributed by atoms with E-state index in [4.69, 9.17) is 14.6 Å². The zero-order valence-corrected chi connectivity index (χ0v) is 12.2. The molecule has 1 aliphatic rings. The maximum atomic E-state index is 11.6. The Bertz CT molecular complexity index is 532. The van der Waals surface area contributed by atoms with E-state index >= 15 is 0 Å². The van der Waals surface area contributed by atoms with Crippen LogP contribution in [0.2, 0.25) is 0 Å². The van der Waals surface area contributed by atoms with Crippen molar-refractivity contribution >= 4 is 12.1 Å². The predicted octanol–water partition coefficient (Wildman–Crippen LogP) is 2.55. The fourth-order valence-corrected chi connectivity index (χ4v) is 2.24. The third kappa shape index (κ3) is 4.25. The van der Waals surface area contributed by atoms with Crippen molar-refractivity contribution in [2.45, 2.75) is 18.9 Å². The van der Waals surface area contributed by atoms with Crippen LogP contribution >= 0.6 is 0 Å². The van der Waals surface area contributed by atoms with Crippen molar-refractivity contribution < 1.29 is 24.2 Å². The Balaban J connectivity index is 1.85. The van der Waals surface area contributed by atoms with Crippen molar-refractivity contribution in [3.05, 3.63) is 42.5 Å². The van der Waals surface area contributed by atoms with E-state index in [1.165, 1.54) is 11.0 Å². The number of hydrogen-bond acceptors (Lipinski definition) is 4. The van der Waals surface area contributed by atoms with Crippen molar-refractivity contribution in [1.82, 2.24) is 4.90 Å². The monoisotopic (exact) mass is 305 g/mol. The zero-order valence-electron chi connectivity index (χ0n) is 12.2. The third-order valence-electron chi connectivity index (χ3n) is 3.44. The maximum Gasteiger partial charge on any atom is 0.407 e. The summed E-state index contributed by atoms with van der Waals surface area (Å²) in [5, 5.41) is 8.89. The Morgan fingerprint density at radius 1 is 1.27 bits per heavy atom. The van der Waals surface area contributed by atoms with Crippen molar-refractivity contribution in [1.29, 1.82) is 0 Å². The lowest BCUT2D eigenvalue weighted by Crippen LogP contribution is -2.41. The quantitative estimate of drug-likeness (QED) is 0.668. The molecule has 0 saturated carbocycles. The molecule has 1 amide bonds. The number of nitrogens with zero attached hydrogens (tertiary/aromatic N) is 1. The van der Waals surface area contributed by atoms with Gasteiger partial charge in [0.2, 0.25) is 0 Å². The number of amides is 1. The van der Waals surface area contributed by atoms with E-state index in [0.717, 1.165) is 0 Å². The highest BCUT2D eigenvalue weighted by atomic mass is 16.5. The molecule has 1 saturated heterocycles. The van der Waals surface area contributed by atoms with Gasteiger partial charge in [-0.1, -0.05) is 12.7 Å². The smallest absolute Gasteiger partial charge is 0.407 e. The molecule has 0 bridgehead atoms. The highest BCUT2D eigenvalue weighted by Gasteiger charge is 2.23. The minimum absolute atomic E-state index is 0.00540. The minimum atomic E-state index is -0.888. The van der Waals surface area contributed by atoms with E-state index in [9.17, 15) is 9.59 Å². The molecule has 6 nitrogen and oxygen atoms in total. The van der Waals surface area contributed by atoms with Crippen LogP contribution < -0.4 is 4.74 Å². The lowest BCUT2D eigenvalue weighted by Gasteiger charge is -2.30. The molecule has 1 aliphatic heterocycles. The summed E-state index contributed by atoms with van der Waals surface area (Å²) in [7, 11) is 0. The van der Waals surface area contributed by atoms with Crippen LogP contribution in [0.4, 0.5) is 4.79 Å². The fourth-order valence-electron chi connectivity index (χ4n) is 2.24. The molecule has 0 aromatic heterocycles. The van der Waals surface area contributed by atoms with Crippen LogP contribution in [0.25, 0.3) is 0 Å². The first-order valence-corrected chi connectivity index (χ1v) is 7.12. The van der Waals surface area contributed by atoms with E-state index in [1.807, 2.05) is 0 Å². The van der Waals surface area contributed by atoms with Crippen molar-refractivity contribution in [3.63, 3.8) is 0 Å². The first-order valence-electron chi connectivity index (χ1n) is 7.12. The number of carbonyl (C=O) groups excluding carboxylic acids is 1. The molecule has 0 atom stereocenters. The van der Waals surface area contributed by atoms with Gasteiger partial charge in [-0.2, -0.15) is 0 Å². The molecule has 1 fully saturated rings. The molecule has 1 N–H and O–H groups in total. The second-order valence-corrected chi connectivity index (χ2v) is 5.00. The van der Waals surface area contributed by atoms with Gasteiger partial charge in [-0.3, -0.25) is 0 Å². The van der Waals surface area contributed by atoms with Crippen LogP contribution in [0.1, 0.15) is 23.2 Å². The Labute approximate surface area is 128 Å². The van der Waals surface area contributed by atoms with Crippen molar-refractivity contribution in [2.24, 2.45) is 0 Å². The number of hydrogen-bond donors (Lipinski definition) is 1. The second kappa shape index (κ2) is 7.49. The van der Waals surface area contributed by atoms with Crippen LogP contribution in [0.5, 0.6) is 5.75 Å². The van der Waals surface area contributed by atoms with Gasteiger partial charge in [0.15, 0.2) is 0 Å². The molecule has 1 aromatic carbocycles. The molecule has 0 unspecified atom stereocenters. The number of carbonyl (C=O) groups is 2. The highest BCUT2D eigenvalue weighted by Crippen LogP contribution is 2.20. The summed E-state index contributed by atoms with van der Waals surface area (Å²) >= 11 is 0. The molecule has 22 heavy (non-hydrogen) atoms. The fraction of sp³-hybridized carbons (Fsp3) is 0.375. The highest BCUT2D eigenvalue weighted by molar-refractivity contribution is 5.89. The molecule has 0 aliphatic carbocycles. The van der Waals surface area contributed by atoms with Gasteiger partial charge in [-0.25, -0.2) is 9.59 Å². The standard InChI is InChI=1S/C16H19NO5/c1-2-11-21-15(18)12-3-5-13(6-4-12)22-14-7-9-17(10-8-14)16(19)20/h2-6,14H,1,7-11H2,(H,19,20). The minimum Gasteiger partial charge on any atom is -0.490 e. The average molecular weight is 305 g/mol.